The number of anilines is 2. The molecule has 39 heavy (non-hydrogen) atoms. The van der Waals surface area contributed by atoms with Crippen LogP contribution in [-0.4, -0.2) is 60.2 Å². The minimum Gasteiger partial charge on any atom is -0.368 e. The van der Waals surface area contributed by atoms with Crippen LogP contribution in [0.1, 0.15) is 28.8 Å². The summed E-state index contributed by atoms with van der Waals surface area (Å²) in [6.45, 7) is 2.47. The Morgan fingerprint density at radius 1 is 0.846 bits per heavy atom. The molecule has 0 atom stereocenters. The van der Waals surface area contributed by atoms with Gasteiger partial charge in [-0.2, -0.15) is 0 Å². The molecule has 202 valence electrons. The number of carbonyl (C=O) groups excluding carboxylic acids is 3. The van der Waals surface area contributed by atoms with E-state index in [4.69, 9.17) is 0 Å². The van der Waals surface area contributed by atoms with Gasteiger partial charge in [-0.05, 0) is 73.0 Å². The lowest BCUT2D eigenvalue weighted by Crippen LogP contribution is -2.48. The molecule has 2 aliphatic rings. The Hall–Kier alpha value is -4.27. The molecule has 1 saturated heterocycles. The topological polar surface area (TPSA) is 73.0 Å². The molecule has 0 aromatic heterocycles. The van der Waals surface area contributed by atoms with Gasteiger partial charge in [-0.25, -0.2) is 8.78 Å². The minimum atomic E-state index is -0.429. The van der Waals surface area contributed by atoms with Crippen molar-refractivity contribution in [1.82, 2.24) is 9.80 Å². The van der Waals surface area contributed by atoms with E-state index in [1.54, 1.807) is 23.1 Å². The van der Waals surface area contributed by atoms with E-state index in [9.17, 15) is 23.2 Å². The highest BCUT2D eigenvalue weighted by atomic mass is 19.1. The Labute approximate surface area is 226 Å². The second kappa shape index (κ2) is 11.6. The summed E-state index contributed by atoms with van der Waals surface area (Å²) in [5.41, 5.74) is 2.69. The number of nitrogens with one attached hydrogen (secondary N) is 1. The maximum Gasteiger partial charge on any atom is 0.254 e. The zero-order valence-electron chi connectivity index (χ0n) is 21.5. The first kappa shape index (κ1) is 26.3. The summed E-state index contributed by atoms with van der Waals surface area (Å²) in [4.78, 5) is 43.7. The van der Waals surface area contributed by atoms with Gasteiger partial charge in [0.2, 0.25) is 11.8 Å². The van der Waals surface area contributed by atoms with Crippen molar-refractivity contribution < 1.29 is 23.2 Å². The zero-order chi connectivity index (χ0) is 27.4. The van der Waals surface area contributed by atoms with Crippen LogP contribution in [0.4, 0.5) is 20.2 Å². The van der Waals surface area contributed by atoms with Gasteiger partial charge in [0.05, 0.1) is 0 Å². The fraction of sp³-hybridized carbons (Fsp3) is 0.300. The van der Waals surface area contributed by atoms with Crippen molar-refractivity contribution in [2.75, 3.05) is 42.9 Å². The predicted octanol–water partition coefficient (Wildman–Crippen LogP) is 4.30. The maximum absolute atomic E-state index is 13.5. The summed E-state index contributed by atoms with van der Waals surface area (Å²) < 4.78 is 26.8. The van der Waals surface area contributed by atoms with Crippen molar-refractivity contribution in [3.8, 4) is 0 Å². The van der Waals surface area contributed by atoms with Gasteiger partial charge in [0.25, 0.3) is 5.91 Å². The Bertz CT molecular complexity index is 1340. The van der Waals surface area contributed by atoms with E-state index in [2.05, 4.69) is 10.2 Å². The van der Waals surface area contributed by atoms with Crippen LogP contribution in [0.15, 0.2) is 72.8 Å². The van der Waals surface area contributed by atoms with Crippen LogP contribution in [0, 0.1) is 17.6 Å². The minimum absolute atomic E-state index is 0.0397. The molecule has 1 aliphatic heterocycles. The number of rotatable bonds is 8. The number of hydrogen-bond donors (Lipinski definition) is 1. The van der Waals surface area contributed by atoms with Gasteiger partial charge in [0, 0.05) is 55.6 Å². The molecule has 0 unspecified atom stereocenters. The largest absolute Gasteiger partial charge is 0.368 e. The molecule has 5 rings (SSSR count). The van der Waals surface area contributed by atoms with Crippen molar-refractivity contribution in [2.45, 2.75) is 19.4 Å². The highest BCUT2D eigenvalue weighted by molar-refractivity contribution is 5.95. The van der Waals surface area contributed by atoms with Crippen LogP contribution in [-0.2, 0) is 16.1 Å². The van der Waals surface area contributed by atoms with Gasteiger partial charge in [-0.1, -0.05) is 18.2 Å². The maximum atomic E-state index is 13.5. The number of halogens is 2. The molecule has 0 bridgehead atoms. The third-order valence-corrected chi connectivity index (χ3v) is 7.01. The number of amides is 3. The van der Waals surface area contributed by atoms with Crippen LogP contribution >= 0.6 is 0 Å². The molecule has 1 aliphatic carbocycles. The number of nitrogens with zero attached hydrogens (tertiary/aromatic N) is 3. The lowest BCUT2D eigenvalue weighted by Gasteiger charge is -2.36. The molecule has 3 aromatic rings. The lowest BCUT2D eigenvalue weighted by molar-refractivity contribution is -0.136. The molecular formula is C30H30F2N4O3. The van der Waals surface area contributed by atoms with E-state index in [1.165, 1.54) is 35.2 Å². The van der Waals surface area contributed by atoms with Crippen molar-refractivity contribution in [3.05, 3.63) is 95.6 Å². The molecule has 7 nitrogen and oxygen atoms in total. The highest BCUT2D eigenvalue weighted by Gasteiger charge is 2.34. The average Bonchev–Trinajstić information content (AvgIpc) is 3.79. The summed E-state index contributed by atoms with van der Waals surface area (Å²) in [5, 5.41) is 2.86. The van der Waals surface area contributed by atoms with Gasteiger partial charge < -0.3 is 20.0 Å². The van der Waals surface area contributed by atoms with Crippen molar-refractivity contribution >= 4 is 29.1 Å². The average molecular weight is 533 g/mol. The van der Waals surface area contributed by atoms with Gasteiger partial charge in [0.1, 0.15) is 18.2 Å². The summed E-state index contributed by atoms with van der Waals surface area (Å²) in [6, 6.07) is 19.1. The van der Waals surface area contributed by atoms with Crippen molar-refractivity contribution in [1.29, 1.82) is 0 Å². The van der Waals surface area contributed by atoms with Crippen LogP contribution in [0.25, 0.3) is 0 Å². The highest BCUT2D eigenvalue weighted by Crippen LogP contribution is 2.31. The van der Waals surface area contributed by atoms with Crippen LogP contribution in [0.2, 0.25) is 0 Å². The smallest absolute Gasteiger partial charge is 0.254 e. The fourth-order valence-corrected chi connectivity index (χ4v) is 4.71. The Morgan fingerprint density at radius 3 is 2.18 bits per heavy atom. The van der Waals surface area contributed by atoms with Gasteiger partial charge >= 0.3 is 0 Å². The SMILES string of the molecule is O=C(CN(Cc1ccc(F)cc1)C(=O)C1CC1)Nc1ccc(N2CCN(C(=O)c3cccc(F)c3)CC2)cc1. The van der Waals surface area contributed by atoms with Gasteiger partial charge in [-0.15, -0.1) is 0 Å². The van der Waals surface area contributed by atoms with E-state index >= 15 is 0 Å². The van der Waals surface area contributed by atoms with E-state index in [1.807, 2.05) is 24.3 Å². The first-order valence-electron chi connectivity index (χ1n) is 13.1. The standard InChI is InChI=1S/C30H30F2N4O3/c31-24-8-4-21(5-9-24)19-36(29(38)22-6-7-22)20-28(37)33-26-10-12-27(13-11-26)34-14-16-35(17-15-34)30(39)23-2-1-3-25(32)18-23/h1-5,8-13,18,22H,6-7,14-17,19-20H2,(H,33,37). The molecule has 1 heterocycles. The van der Waals surface area contributed by atoms with Crippen molar-refractivity contribution in [2.24, 2.45) is 5.92 Å². The van der Waals surface area contributed by atoms with Crippen LogP contribution in [0.5, 0.6) is 0 Å². The molecule has 3 amide bonds. The molecule has 0 radical (unpaired) electrons. The Balaban J connectivity index is 1.14. The number of benzene rings is 3. The second-order valence-corrected chi connectivity index (χ2v) is 9.98. The monoisotopic (exact) mass is 532 g/mol. The predicted molar refractivity (Wildman–Crippen MR) is 144 cm³/mol. The zero-order valence-corrected chi connectivity index (χ0v) is 21.5. The molecular weight excluding hydrogens is 502 g/mol. The molecule has 1 saturated carbocycles. The normalized spacial score (nSPS) is 15.1. The van der Waals surface area contributed by atoms with Crippen molar-refractivity contribution in [3.63, 3.8) is 0 Å². The molecule has 3 aromatic carbocycles. The molecule has 1 N–H and O–H groups in total. The summed E-state index contributed by atoms with van der Waals surface area (Å²) in [6.07, 6.45) is 1.66. The van der Waals surface area contributed by atoms with E-state index in [0.717, 1.165) is 24.1 Å². The Kier molecular flexibility index (Phi) is 7.86. The molecule has 0 spiro atoms. The van der Waals surface area contributed by atoms with Gasteiger partial charge in [-0.3, -0.25) is 14.4 Å². The molecule has 9 heteroatoms. The third kappa shape index (κ3) is 6.79. The first-order chi connectivity index (χ1) is 18.9. The summed E-state index contributed by atoms with van der Waals surface area (Å²) in [5.74, 6) is -1.35. The number of hydrogen-bond acceptors (Lipinski definition) is 4. The summed E-state index contributed by atoms with van der Waals surface area (Å²) >= 11 is 0. The van der Waals surface area contributed by atoms with E-state index in [-0.39, 0.29) is 42.5 Å². The Morgan fingerprint density at radius 2 is 1.54 bits per heavy atom. The molecule has 2 fully saturated rings. The van der Waals surface area contributed by atoms with Crippen LogP contribution < -0.4 is 10.2 Å². The van der Waals surface area contributed by atoms with Gasteiger partial charge in [0.15, 0.2) is 0 Å². The van der Waals surface area contributed by atoms with Crippen LogP contribution in [0.3, 0.4) is 0 Å². The number of piperazine rings is 1. The van der Waals surface area contributed by atoms with E-state index < -0.39 is 5.82 Å². The lowest BCUT2D eigenvalue weighted by atomic mass is 10.1. The quantitative estimate of drug-likeness (QED) is 0.470. The second-order valence-electron chi connectivity index (χ2n) is 9.98. The summed E-state index contributed by atoms with van der Waals surface area (Å²) in [7, 11) is 0. The number of carbonyl (C=O) groups is 3. The third-order valence-electron chi connectivity index (χ3n) is 7.01. The first-order valence-corrected chi connectivity index (χ1v) is 13.1. The van der Waals surface area contributed by atoms with E-state index in [0.29, 0.717) is 37.4 Å². The fourth-order valence-electron chi connectivity index (χ4n) is 4.71.